The third-order valence-corrected chi connectivity index (χ3v) is 3.93. The predicted octanol–water partition coefficient (Wildman–Crippen LogP) is 1.95. The third-order valence-electron chi connectivity index (χ3n) is 2.18. The van der Waals surface area contributed by atoms with E-state index < -0.39 is 8.07 Å². The highest BCUT2D eigenvalue weighted by Gasteiger charge is 2.38. The van der Waals surface area contributed by atoms with Crippen molar-refractivity contribution < 1.29 is 5.11 Å². The second-order valence-electron chi connectivity index (χ2n) is 4.70. The summed E-state index contributed by atoms with van der Waals surface area (Å²) in [4.78, 5) is 0. The highest BCUT2D eigenvalue weighted by Crippen LogP contribution is 2.43. The van der Waals surface area contributed by atoms with Crippen LogP contribution in [0.4, 0.5) is 0 Å². The molecule has 0 bridgehead atoms. The lowest BCUT2D eigenvalue weighted by Crippen LogP contribution is -2.20. The first kappa shape index (κ1) is 8.28. The number of rotatable bonds is 3. The van der Waals surface area contributed by atoms with Crippen molar-refractivity contribution in [1.29, 1.82) is 0 Å². The Bertz CT molecular complexity index is 117. The molecule has 0 amide bonds. The Kier molecular flexibility index (Phi) is 2.20. The van der Waals surface area contributed by atoms with Gasteiger partial charge in [0.25, 0.3) is 0 Å². The van der Waals surface area contributed by atoms with Crippen molar-refractivity contribution in [3.63, 3.8) is 0 Å². The zero-order valence-electron chi connectivity index (χ0n) is 7.22. The molecule has 10 heavy (non-hydrogen) atoms. The minimum absolute atomic E-state index is 0.426. The molecule has 0 aliphatic heterocycles. The van der Waals surface area contributed by atoms with Gasteiger partial charge in [0.2, 0.25) is 0 Å². The lowest BCUT2D eigenvalue weighted by molar-refractivity contribution is 0.270. The Hall–Kier alpha value is 0.177. The zero-order valence-corrected chi connectivity index (χ0v) is 8.22. The molecule has 1 aliphatic carbocycles. The maximum Gasteiger partial charge on any atom is 0.0461 e. The fourth-order valence-corrected chi connectivity index (χ4v) is 3.64. The first-order valence-electron chi connectivity index (χ1n) is 4.14. The van der Waals surface area contributed by atoms with Crippen LogP contribution < -0.4 is 0 Å². The molecule has 1 saturated carbocycles. The second kappa shape index (κ2) is 2.66. The molecule has 0 aromatic heterocycles. The molecule has 0 aromatic carbocycles. The van der Waals surface area contributed by atoms with Crippen LogP contribution in [-0.2, 0) is 0 Å². The standard InChI is InChI=1S/C8H18OSi/c1-10(2,3)6-8-4-7(8)5-9/h7-9H,4-6H2,1-3H3/t7-,8-/m0/s1. The average molecular weight is 158 g/mol. The van der Waals surface area contributed by atoms with Crippen LogP contribution in [0, 0.1) is 11.8 Å². The van der Waals surface area contributed by atoms with Gasteiger partial charge in [-0.15, -0.1) is 0 Å². The van der Waals surface area contributed by atoms with Crippen LogP contribution in [0.25, 0.3) is 0 Å². The minimum atomic E-state index is -0.827. The third kappa shape index (κ3) is 2.43. The molecule has 1 fully saturated rings. The van der Waals surface area contributed by atoms with Gasteiger partial charge in [-0.1, -0.05) is 25.7 Å². The summed E-state index contributed by atoms with van der Waals surface area (Å²) < 4.78 is 0. The van der Waals surface area contributed by atoms with Crippen molar-refractivity contribution >= 4 is 8.07 Å². The summed E-state index contributed by atoms with van der Waals surface area (Å²) >= 11 is 0. The molecule has 1 N–H and O–H groups in total. The van der Waals surface area contributed by atoms with Crippen molar-refractivity contribution in [2.45, 2.75) is 32.1 Å². The summed E-state index contributed by atoms with van der Waals surface area (Å²) in [6.07, 6.45) is 1.29. The Morgan fingerprint density at radius 3 is 2.20 bits per heavy atom. The van der Waals surface area contributed by atoms with Gasteiger partial charge in [0, 0.05) is 14.7 Å². The molecule has 1 nitrogen and oxygen atoms in total. The fourth-order valence-electron chi connectivity index (χ4n) is 1.57. The quantitative estimate of drug-likeness (QED) is 0.622. The Balaban J connectivity index is 2.18. The van der Waals surface area contributed by atoms with E-state index >= 15 is 0 Å². The van der Waals surface area contributed by atoms with Crippen LogP contribution in [0.15, 0.2) is 0 Å². The summed E-state index contributed by atoms with van der Waals surface area (Å²) in [6, 6.07) is 1.41. The summed E-state index contributed by atoms with van der Waals surface area (Å²) in [5.41, 5.74) is 0. The van der Waals surface area contributed by atoms with E-state index in [-0.39, 0.29) is 0 Å². The number of aliphatic hydroxyl groups excluding tert-OH is 1. The van der Waals surface area contributed by atoms with Crippen LogP contribution in [0.1, 0.15) is 6.42 Å². The van der Waals surface area contributed by atoms with E-state index in [1.165, 1.54) is 12.5 Å². The van der Waals surface area contributed by atoms with Crippen LogP contribution in [0.3, 0.4) is 0 Å². The van der Waals surface area contributed by atoms with Crippen LogP contribution in [0.5, 0.6) is 0 Å². The van der Waals surface area contributed by atoms with Gasteiger partial charge in [-0.05, 0) is 18.3 Å². The molecule has 0 radical (unpaired) electrons. The SMILES string of the molecule is C[Si](C)(C)C[C@@H]1C[C@H]1CO. The van der Waals surface area contributed by atoms with Crippen molar-refractivity contribution in [3.05, 3.63) is 0 Å². The van der Waals surface area contributed by atoms with Gasteiger partial charge in [-0.3, -0.25) is 0 Å². The molecule has 1 aliphatic rings. The largest absolute Gasteiger partial charge is 0.396 e. The van der Waals surface area contributed by atoms with Gasteiger partial charge in [0.1, 0.15) is 0 Å². The first-order chi connectivity index (χ1) is 4.53. The van der Waals surface area contributed by atoms with Crippen LogP contribution >= 0.6 is 0 Å². The van der Waals surface area contributed by atoms with Crippen LogP contribution in [-0.4, -0.2) is 19.8 Å². The average Bonchev–Trinajstić information content (AvgIpc) is 2.42. The molecular formula is C8H18OSi. The van der Waals surface area contributed by atoms with Crippen LogP contribution in [0.2, 0.25) is 25.7 Å². The van der Waals surface area contributed by atoms with E-state index in [9.17, 15) is 0 Å². The molecule has 1 rings (SSSR count). The molecule has 0 unspecified atom stereocenters. The molecule has 60 valence electrons. The van der Waals surface area contributed by atoms with Crippen molar-refractivity contribution in [3.8, 4) is 0 Å². The number of hydrogen-bond acceptors (Lipinski definition) is 1. The van der Waals surface area contributed by atoms with E-state index in [2.05, 4.69) is 19.6 Å². The highest BCUT2D eigenvalue weighted by atomic mass is 28.3. The summed E-state index contributed by atoms with van der Waals surface area (Å²) in [6.45, 7) is 7.63. The van der Waals surface area contributed by atoms with Gasteiger partial charge >= 0.3 is 0 Å². The molecule has 0 spiro atoms. The number of aliphatic hydroxyl groups is 1. The van der Waals surface area contributed by atoms with Crippen molar-refractivity contribution in [1.82, 2.24) is 0 Å². The number of hydrogen-bond donors (Lipinski definition) is 1. The molecule has 2 heteroatoms. The Morgan fingerprint density at radius 1 is 1.30 bits per heavy atom. The summed E-state index contributed by atoms with van der Waals surface area (Å²) in [7, 11) is -0.827. The van der Waals surface area contributed by atoms with Crippen molar-refractivity contribution in [2.24, 2.45) is 11.8 Å². The van der Waals surface area contributed by atoms with Gasteiger partial charge in [-0.25, -0.2) is 0 Å². The van der Waals surface area contributed by atoms with E-state index in [1.54, 1.807) is 0 Å². The maximum atomic E-state index is 8.79. The van der Waals surface area contributed by atoms with Gasteiger partial charge in [0.05, 0.1) is 0 Å². The molecule has 0 aromatic rings. The van der Waals surface area contributed by atoms with Crippen molar-refractivity contribution in [2.75, 3.05) is 6.61 Å². The van der Waals surface area contributed by atoms with E-state index in [0.29, 0.717) is 12.5 Å². The molecular weight excluding hydrogens is 140 g/mol. The smallest absolute Gasteiger partial charge is 0.0461 e. The van der Waals surface area contributed by atoms with Gasteiger partial charge < -0.3 is 5.11 Å². The summed E-state index contributed by atoms with van der Waals surface area (Å²) in [5.74, 6) is 1.56. The predicted molar refractivity (Wildman–Crippen MR) is 46.8 cm³/mol. The van der Waals surface area contributed by atoms with E-state index in [0.717, 1.165) is 5.92 Å². The lowest BCUT2D eigenvalue weighted by Gasteiger charge is -2.14. The topological polar surface area (TPSA) is 20.2 Å². The monoisotopic (exact) mass is 158 g/mol. The lowest BCUT2D eigenvalue weighted by atomic mass is 10.4. The Labute approximate surface area is 64.5 Å². The summed E-state index contributed by atoms with van der Waals surface area (Å²) in [5, 5.41) is 8.79. The normalized spacial score (nSPS) is 32.4. The first-order valence-corrected chi connectivity index (χ1v) is 7.84. The van der Waals surface area contributed by atoms with Gasteiger partial charge in [-0.2, -0.15) is 0 Å². The van der Waals surface area contributed by atoms with E-state index in [4.69, 9.17) is 5.11 Å². The minimum Gasteiger partial charge on any atom is -0.396 e. The highest BCUT2D eigenvalue weighted by molar-refractivity contribution is 6.76. The molecule has 2 atom stereocenters. The van der Waals surface area contributed by atoms with Gasteiger partial charge in [0.15, 0.2) is 0 Å². The zero-order chi connectivity index (χ0) is 7.78. The maximum absolute atomic E-state index is 8.79. The molecule has 0 heterocycles. The fraction of sp³-hybridized carbons (Fsp3) is 1.00. The molecule has 0 saturated heterocycles. The van der Waals surface area contributed by atoms with E-state index in [1.807, 2.05) is 0 Å². The Morgan fingerprint density at radius 2 is 1.90 bits per heavy atom. The second-order valence-corrected chi connectivity index (χ2v) is 10.2.